The van der Waals surface area contributed by atoms with E-state index in [9.17, 15) is 13.2 Å². The third-order valence-corrected chi connectivity index (χ3v) is 2.92. The monoisotopic (exact) mass is 252 g/mol. The Labute approximate surface area is 96.9 Å². The van der Waals surface area contributed by atoms with Crippen LogP contribution in [0.1, 0.15) is 24.0 Å². The van der Waals surface area contributed by atoms with E-state index in [0.29, 0.717) is 13.0 Å². The van der Waals surface area contributed by atoms with Crippen LogP contribution >= 0.6 is 11.3 Å². The highest BCUT2D eigenvalue weighted by Crippen LogP contribution is 2.23. The van der Waals surface area contributed by atoms with E-state index < -0.39 is 18.6 Å². The number of alkyl halides is 3. The first kappa shape index (κ1) is 13.4. The Hall–Kier alpha value is -0.620. The minimum Gasteiger partial charge on any atom is -0.314 e. The molecule has 0 saturated carbocycles. The number of hydrogen-bond donors (Lipinski definition) is 1. The molecule has 0 aliphatic heterocycles. The molecule has 0 saturated heterocycles. The minimum atomic E-state index is -4.13. The third-order valence-electron chi connectivity index (χ3n) is 2.09. The van der Waals surface area contributed by atoms with Crippen molar-refractivity contribution in [2.45, 2.75) is 38.9 Å². The maximum atomic E-state index is 12.3. The van der Waals surface area contributed by atoms with Gasteiger partial charge >= 0.3 is 6.18 Å². The lowest BCUT2D eigenvalue weighted by Gasteiger charge is -2.18. The zero-order valence-corrected chi connectivity index (χ0v) is 10.1. The zero-order valence-electron chi connectivity index (χ0n) is 9.27. The normalized spacial score (nSPS) is 14.1. The molecule has 0 amide bonds. The Morgan fingerprint density at radius 3 is 2.62 bits per heavy atom. The quantitative estimate of drug-likeness (QED) is 0.871. The van der Waals surface area contributed by atoms with E-state index in [1.54, 1.807) is 6.92 Å². The average molecular weight is 252 g/mol. The van der Waals surface area contributed by atoms with Crippen LogP contribution in [0.25, 0.3) is 0 Å². The van der Waals surface area contributed by atoms with Crippen molar-refractivity contribution in [3.05, 3.63) is 16.1 Å². The molecule has 0 fully saturated rings. The number of rotatable bonds is 5. The molecule has 0 spiro atoms. The van der Waals surface area contributed by atoms with Crippen LogP contribution in [-0.2, 0) is 6.42 Å². The highest BCUT2D eigenvalue weighted by atomic mass is 32.1. The van der Waals surface area contributed by atoms with E-state index in [4.69, 9.17) is 0 Å². The van der Waals surface area contributed by atoms with Crippen molar-refractivity contribution in [3.8, 4) is 0 Å². The number of nitrogens with one attached hydrogen (secondary N) is 1. The molecular weight excluding hydrogens is 237 g/mol. The van der Waals surface area contributed by atoms with Crippen LogP contribution in [0.5, 0.6) is 0 Å². The lowest BCUT2D eigenvalue weighted by Crippen LogP contribution is -2.35. The molecule has 1 aromatic rings. The molecule has 0 aliphatic carbocycles. The molecule has 0 radical (unpaired) electrons. The lowest BCUT2D eigenvalue weighted by molar-refractivity contribution is -0.139. The van der Waals surface area contributed by atoms with Crippen LogP contribution in [0.15, 0.2) is 5.38 Å². The van der Waals surface area contributed by atoms with Gasteiger partial charge in [-0.05, 0) is 13.5 Å². The summed E-state index contributed by atoms with van der Waals surface area (Å²) in [7, 11) is 0. The van der Waals surface area contributed by atoms with Gasteiger partial charge in [-0.15, -0.1) is 11.3 Å². The van der Waals surface area contributed by atoms with Gasteiger partial charge in [0, 0.05) is 17.8 Å². The molecule has 16 heavy (non-hydrogen) atoms. The van der Waals surface area contributed by atoms with Gasteiger partial charge in [0.25, 0.3) is 0 Å². The second kappa shape index (κ2) is 5.63. The van der Waals surface area contributed by atoms with Crippen LogP contribution in [0, 0.1) is 6.92 Å². The van der Waals surface area contributed by atoms with Gasteiger partial charge in [-0.25, -0.2) is 4.98 Å². The van der Waals surface area contributed by atoms with Gasteiger partial charge in [-0.1, -0.05) is 6.92 Å². The summed E-state index contributed by atoms with van der Waals surface area (Å²) in [6.45, 7) is 4.18. The summed E-state index contributed by atoms with van der Waals surface area (Å²) < 4.78 is 36.8. The number of aryl methyl sites for hydroxylation is 1. The summed E-state index contributed by atoms with van der Waals surface area (Å²) in [6.07, 6.45) is -4.60. The van der Waals surface area contributed by atoms with Gasteiger partial charge < -0.3 is 5.32 Å². The van der Waals surface area contributed by atoms with Crippen molar-refractivity contribution >= 4 is 11.3 Å². The van der Waals surface area contributed by atoms with Crippen molar-refractivity contribution in [1.29, 1.82) is 0 Å². The topological polar surface area (TPSA) is 24.9 Å². The van der Waals surface area contributed by atoms with E-state index in [1.807, 2.05) is 12.3 Å². The molecule has 0 bridgehead atoms. The van der Waals surface area contributed by atoms with Crippen molar-refractivity contribution in [1.82, 2.24) is 10.3 Å². The fraction of sp³-hybridized carbons (Fsp3) is 0.700. The number of hydrogen-bond acceptors (Lipinski definition) is 3. The van der Waals surface area contributed by atoms with Crippen LogP contribution in [-0.4, -0.2) is 23.7 Å². The minimum absolute atomic E-state index is 0.331. The molecule has 1 aromatic heterocycles. The molecule has 0 aliphatic rings. The number of likely N-dealkylation sites (N-methyl/N-ethyl adjacent to an activating group) is 1. The first-order valence-corrected chi connectivity index (χ1v) is 6.00. The molecule has 0 aromatic carbocycles. The molecule has 2 nitrogen and oxygen atoms in total. The first-order chi connectivity index (χ1) is 7.40. The van der Waals surface area contributed by atoms with E-state index in [-0.39, 0.29) is 0 Å². The molecule has 1 unspecified atom stereocenters. The Morgan fingerprint density at radius 1 is 1.50 bits per heavy atom. The fourth-order valence-electron chi connectivity index (χ4n) is 1.54. The van der Waals surface area contributed by atoms with E-state index in [1.165, 1.54) is 11.3 Å². The van der Waals surface area contributed by atoms with Crippen molar-refractivity contribution in [2.75, 3.05) is 6.54 Å². The summed E-state index contributed by atoms with van der Waals surface area (Å²) in [5.74, 6) is 0. The molecule has 92 valence electrons. The second-order valence-electron chi connectivity index (χ2n) is 3.64. The van der Waals surface area contributed by atoms with E-state index >= 15 is 0 Å². The molecule has 1 atom stereocenters. The van der Waals surface area contributed by atoms with Gasteiger partial charge in [-0.2, -0.15) is 13.2 Å². The SMILES string of the molecule is CCNC(Cc1csc(C)n1)CC(F)(F)F. The Balaban J connectivity index is 2.57. The lowest BCUT2D eigenvalue weighted by atomic mass is 10.1. The number of nitrogens with zero attached hydrogens (tertiary/aromatic N) is 1. The van der Waals surface area contributed by atoms with E-state index in [0.717, 1.165) is 10.7 Å². The highest BCUT2D eigenvalue weighted by molar-refractivity contribution is 7.09. The highest BCUT2D eigenvalue weighted by Gasteiger charge is 2.31. The summed E-state index contributed by atoms with van der Waals surface area (Å²) >= 11 is 1.46. The molecular formula is C10H15F3N2S. The van der Waals surface area contributed by atoms with Gasteiger partial charge in [0.05, 0.1) is 17.1 Å². The summed E-state index contributed by atoms with van der Waals surface area (Å²) in [5, 5.41) is 5.54. The van der Waals surface area contributed by atoms with Crippen molar-refractivity contribution in [3.63, 3.8) is 0 Å². The zero-order chi connectivity index (χ0) is 12.2. The van der Waals surface area contributed by atoms with Crippen LogP contribution < -0.4 is 5.32 Å². The van der Waals surface area contributed by atoms with Gasteiger partial charge in [0.15, 0.2) is 0 Å². The standard InChI is InChI=1S/C10H15F3N2S/c1-3-14-8(5-10(11,12)13)4-9-6-16-7(2)15-9/h6,8,14H,3-5H2,1-2H3. The summed E-state index contributed by atoms with van der Waals surface area (Å²) in [5.41, 5.74) is 0.734. The average Bonchev–Trinajstić information content (AvgIpc) is 2.48. The van der Waals surface area contributed by atoms with Gasteiger partial charge in [0.2, 0.25) is 0 Å². The third kappa shape index (κ3) is 4.94. The largest absolute Gasteiger partial charge is 0.390 e. The maximum Gasteiger partial charge on any atom is 0.390 e. The Kier molecular flexibility index (Phi) is 4.73. The number of aromatic nitrogens is 1. The van der Waals surface area contributed by atoms with E-state index in [2.05, 4.69) is 10.3 Å². The molecule has 1 N–H and O–H groups in total. The van der Waals surface area contributed by atoms with Gasteiger partial charge in [0.1, 0.15) is 0 Å². The number of halogens is 3. The fourth-order valence-corrected chi connectivity index (χ4v) is 2.16. The Bertz CT molecular complexity index is 322. The predicted octanol–water partition coefficient (Wildman–Crippen LogP) is 2.92. The molecule has 6 heteroatoms. The maximum absolute atomic E-state index is 12.3. The molecule has 1 rings (SSSR count). The predicted molar refractivity (Wildman–Crippen MR) is 58.7 cm³/mol. The second-order valence-corrected chi connectivity index (χ2v) is 4.70. The number of thiazole rings is 1. The van der Waals surface area contributed by atoms with Crippen LogP contribution in [0.3, 0.4) is 0 Å². The smallest absolute Gasteiger partial charge is 0.314 e. The van der Waals surface area contributed by atoms with Crippen LogP contribution in [0.4, 0.5) is 13.2 Å². The van der Waals surface area contributed by atoms with Crippen LogP contribution in [0.2, 0.25) is 0 Å². The molecule has 1 heterocycles. The van der Waals surface area contributed by atoms with Gasteiger partial charge in [-0.3, -0.25) is 0 Å². The summed E-state index contributed by atoms with van der Waals surface area (Å²) in [4.78, 5) is 4.17. The van der Waals surface area contributed by atoms with Crippen molar-refractivity contribution in [2.24, 2.45) is 0 Å². The first-order valence-electron chi connectivity index (χ1n) is 5.12. The summed E-state index contributed by atoms with van der Waals surface area (Å²) in [6, 6.07) is -0.577. The Morgan fingerprint density at radius 2 is 2.19 bits per heavy atom. The van der Waals surface area contributed by atoms with Crippen molar-refractivity contribution < 1.29 is 13.2 Å².